The van der Waals surface area contributed by atoms with Gasteiger partial charge in [0.05, 0.1) is 9.92 Å². The van der Waals surface area contributed by atoms with Crippen LogP contribution in [0.2, 0.25) is 5.02 Å². The van der Waals surface area contributed by atoms with Crippen LogP contribution in [-0.4, -0.2) is 27.0 Å². The van der Waals surface area contributed by atoms with Gasteiger partial charge in [0.15, 0.2) is 6.61 Å². The number of carbonyl (C=O) groups excluding carboxylic acids is 1. The molecule has 0 fully saturated rings. The number of amides is 1. The maximum absolute atomic E-state index is 12.5. The first-order chi connectivity index (χ1) is 15.3. The summed E-state index contributed by atoms with van der Waals surface area (Å²) in [5, 5.41) is 2.99. The molecule has 6 nitrogen and oxygen atoms in total. The van der Waals surface area contributed by atoms with Crippen LogP contribution in [0.4, 0.5) is 5.69 Å². The standard InChI is InChI=1S/C24H25ClN2O4S/c1-18(12-13-19-8-4-2-5-9-19)26-24(28)17-31-23-15-14-21(16-22(23)25)32(29,30)27-20-10-6-3-7-11-20/h2-11,14-16,18,27H,12-13,17H2,1H3,(H,26,28)/t18-/m0/s1. The van der Waals surface area contributed by atoms with Crippen molar-refractivity contribution in [2.24, 2.45) is 0 Å². The van der Waals surface area contributed by atoms with Crippen LogP contribution in [0.5, 0.6) is 5.75 Å². The second-order valence-electron chi connectivity index (χ2n) is 7.35. The van der Waals surface area contributed by atoms with Crippen molar-refractivity contribution in [3.63, 3.8) is 0 Å². The molecule has 3 rings (SSSR count). The van der Waals surface area contributed by atoms with E-state index in [0.29, 0.717) is 5.69 Å². The summed E-state index contributed by atoms with van der Waals surface area (Å²) in [4.78, 5) is 12.2. The second kappa shape index (κ2) is 11.0. The maximum atomic E-state index is 12.5. The predicted molar refractivity (Wildman–Crippen MR) is 127 cm³/mol. The first-order valence-electron chi connectivity index (χ1n) is 10.2. The highest BCUT2D eigenvalue weighted by Gasteiger charge is 2.17. The van der Waals surface area contributed by atoms with Crippen molar-refractivity contribution in [1.29, 1.82) is 0 Å². The highest BCUT2D eigenvalue weighted by Crippen LogP contribution is 2.28. The molecule has 8 heteroatoms. The summed E-state index contributed by atoms with van der Waals surface area (Å²) in [6, 6.07) is 22.7. The van der Waals surface area contributed by atoms with Gasteiger partial charge in [0.1, 0.15) is 5.75 Å². The van der Waals surface area contributed by atoms with Crippen molar-refractivity contribution in [3.05, 3.63) is 89.4 Å². The summed E-state index contributed by atoms with van der Waals surface area (Å²) >= 11 is 6.20. The van der Waals surface area contributed by atoms with E-state index < -0.39 is 10.0 Å². The van der Waals surface area contributed by atoms with Gasteiger partial charge in [-0.1, -0.05) is 60.1 Å². The van der Waals surface area contributed by atoms with Crippen molar-refractivity contribution >= 4 is 33.2 Å². The van der Waals surface area contributed by atoms with Gasteiger partial charge in [-0.15, -0.1) is 0 Å². The van der Waals surface area contributed by atoms with Crippen molar-refractivity contribution in [1.82, 2.24) is 5.32 Å². The Labute approximate surface area is 193 Å². The average molecular weight is 473 g/mol. The number of nitrogens with one attached hydrogen (secondary N) is 2. The molecule has 3 aromatic carbocycles. The van der Waals surface area contributed by atoms with Gasteiger partial charge in [0, 0.05) is 11.7 Å². The fourth-order valence-corrected chi connectivity index (χ4v) is 4.43. The third kappa shape index (κ3) is 7.00. The van der Waals surface area contributed by atoms with Crippen LogP contribution in [0, 0.1) is 0 Å². The second-order valence-corrected chi connectivity index (χ2v) is 9.43. The molecular formula is C24H25ClN2O4S. The number of carbonyl (C=O) groups is 1. The monoisotopic (exact) mass is 472 g/mol. The Hall–Kier alpha value is -3.03. The summed E-state index contributed by atoms with van der Waals surface area (Å²) < 4.78 is 33.1. The van der Waals surface area contributed by atoms with Crippen molar-refractivity contribution in [2.45, 2.75) is 30.7 Å². The SMILES string of the molecule is C[C@@H](CCc1ccccc1)NC(=O)COc1ccc(S(=O)(=O)Nc2ccccc2)cc1Cl. The molecule has 0 aliphatic carbocycles. The third-order valence-corrected chi connectivity index (χ3v) is 6.39. The molecule has 168 valence electrons. The Balaban J connectivity index is 1.51. The van der Waals surface area contributed by atoms with Crippen LogP contribution in [0.1, 0.15) is 18.9 Å². The van der Waals surface area contributed by atoms with Gasteiger partial charge in [-0.05, 0) is 55.7 Å². The molecule has 0 saturated carbocycles. The molecular weight excluding hydrogens is 448 g/mol. The number of sulfonamides is 1. The van der Waals surface area contributed by atoms with E-state index in [9.17, 15) is 13.2 Å². The Kier molecular flexibility index (Phi) is 8.14. The normalized spacial score (nSPS) is 12.1. The van der Waals surface area contributed by atoms with Gasteiger partial charge in [0.25, 0.3) is 15.9 Å². The lowest BCUT2D eigenvalue weighted by atomic mass is 10.1. The van der Waals surface area contributed by atoms with E-state index >= 15 is 0 Å². The predicted octanol–water partition coefficient (Wildman–Crippen LogP) is 4.66. The summed E-state index contributed by atoms with van der Waals surface area (Å²) in [6.45, 7) is 1.72. The number of rotatable bonds is 10. The molecule has 0 bridgehead atoms. The van der Waals surface area contributed by atoms with Crippen LogP contribution < -0.4 is 14.8 Å². The number of para-hydroxylation sites is 1. The Morgan fingerprint density at radius 1 is 1.00 bits per heavy atom. The molecule has 0 aliphatic heterocycles. The van der Waals surface area contributed by atoms with E-state index in [4.69, 9.17) is 16.3 Å². The van der Waals surface area contributed by atoms with E-state index in [1.165, 1.54) is 23.8 Å². The molecule has 3 aromatic rings. The van der Waals surface area contributed by atoms with Crippen LogP contribution >= 0.6 is 11.6 Å². The fraction of sp³-hybridized carbons (Fsp3) is 0.208. The van der Waals surface area contributed by atoms with Gasteiger partial charge in [-0.25, -0.2) is 8.42 Å². The molecule has 0 saturated heterocycles. The summed E-state index contributed by atoms with van der Waals surface area (Å²) in [6.07, 6.45) is 1.67. The van der Waals surface area contributed by atoms with Gasteiger partial charge in [-0.2, -0.15) is 0 Å². The molecule has 2 N–H and O–H groups in total. The number of aryl methyl sites for hydroxylation is 1. The van der Waals surface area contributed by atoms with Gasteiger partial charge < -0.3 is 10.1 Å². The van der Waals surface area contributed by atoms with Crippen LogP contribution in [0.25, 0.3) is 0 Å². The molecule has 1 amide bonds. The molecule has 0 heterocycles. The minimum Gasteiger partial charge on any atom is -0.482 e. The largest absolute Gasteiger partial charge is 0.482 e. The summed E-state index contributed by atoms with van der Waals surface area (Å²) in [7, 11) is -3.80. The van der Waals surface area contributed by atoms with E-state index in [1.807, 2.05) is 25.1 Å². The number of ether oxygens (including phenoxy) is 1. The number of benzene rings is 3. The topological polar surface area (TPSA) is 84.5 Å². The van der Waals surface area contributed by atoms with E-state index in [2.05, 4.69) is 22.2 Å². The third-order valence-electron chi connectivity index (χ3n) is 4.71. The Morgan fingerprint density at radius 2 is 1.66 bits per heavy atom. The molecule has 0 aliphatic rings. The highest BCUT2D eigenvalue weighted by molar-refractivity contribution is 7.92. The minimum absolute atomic E-state index is 0.00214. The summed E-state index contributed by atoms with van der Waals surface area (Å²) in [5.74, 6) is -0.0403. The zero-order valence-corrected chi connectivity index (χ0v) is 19.2. The molecule has 1 atom stereocenters. The molecule has 0 aromatic heterocycles. The zero-order chi connectivity index (χ0) is 23.0. The van der Waals surface area contributed by atoms with Gasteiger partial charge >= 0.3 is 0 Å². The van der Waals surface area contributed by atoms with Crippen LogP contribution in [-0.2, 0) is 21.2 Å². The molecule has 0 unspecified atom stereocenters. The number of hydrogen-bond donors (Lipinski definition) is 2. The van der Waals surface area contributed by atoms with Gasteiger partial charge in [-0.3, -0.25) is 9.52 Å². The lowest BCUT2D eigenvalue weighted by Crippen LogP contribution is -2.36. The van der Waals surface area contributed by atoms with Gasteiger partial charge in [0.2, 0.25) is 0 Å². The molecule has 32 heavy (non-hydrogen) atoms. The highest BCUT2D eigenvalue weighted by atomic mass is 35.5. The summed E-state index contributed by atoms with van der Waals surface area (Å²) in [5.41, 5.74) is 1.66. The lowest BCUT2D eigenvalue weighted by Gasteiger charge is -2.15. The van der Waals surface area contributed by atoms with Crippen LogP contribution in [0.3, 0.4) is 0 Å². The maximum Gasteiger partial charge on any atom is 0.261 e. The minimum atomic E-state index is -3.80. The number of halogens is 1. The van der Waals surface area contributed by atoms with E-state index in [1.54, 1.807) is 30.3 Å². The number of hydrogen-bond acceptors (Lipinski definition) is 4. The number of anilines is 1. The molecule has 0 spiro atoms. The van der Waals surface area contributed by atoms with Crippen LogP contribution in [0.15, 0.2) is 83.8 Å². The average Bonchev–Trinajstić information content (AvgIpc) is 2.78. The van der Waals surface area contributed by atoms with E-state index in [-0.39, 0.29) is 34.2 Å². The van der Waals surface area contributed by atoms with E-state index in [0.717, 1.165) is 12.8 Å². The van der Waals surface area contributed by atoms with Crippen molar-refractivity contribution < 1.29 is 17.9 Å². The van der Waals surface area contributed by atoms with Crippen molar-refractivity contribution in [2.75, 3.05) is 11.3 Å². The zero-order valence-electron chi connectivity index (χ0n) is 17.6. The Bertz CT molecular complexity index is 1140. The van der Waals surface area contributed by atoms with Crippen molar-refractivity contribution in [3.8, 4) is 5.75 Å². The smallest absolute Gasteiger partial charge is 0.261 e. The first-order valence-corrected chi connectivity index (χ1v) is 12.0. The lowest BCUT2D eigenvalue weighted by molar-refractivity contribution is -0.123. The Morgan fingerprint density at radius 3 is 2.31 bits per heavy atom. The fourth-order valence-electron chi connectivity index (χ4n) is 3.05. The first kappa shape index (κ1) is 23.6. The molecule has 0 radical (unpaired) electrons. The quantitative estimate of drug-likeness (QED) is 0.449.